The van der Waals surface area contributed by atoms with Crippen molar-refractivity contribution in [3.63, 3.8) is 0 Å². The van der Waals surface area contributed by atoms with Crippen molar-refractivity contribution in [1.82, 2.24) is 15.3 Å². The van der Waals surface area contributed by atoms with Crippen molar-refractivity contribution in [2.24, 2.45) is 0 Å². The van der Waals surface area contributed by atoms with Crippen molar-refractivity contribution in [2.75, 3.05) is 24.6 Å². The van der Waals surface area contributed by atoms with Crippen LogP contribution in [0, 0.1) is 6.92 Å². The number of benzene rings is 1. The number of aromatic nitrogens is 2. The van der Waals surface area contributed by atoms with Crippen LogP contribution < -0.4 is 10.2 Å². The number of hydrogen-bond acceptors (Lipinski definition) is 5. The summed E-state index contributed by atoms with van der Waals surface area (Å²) < 4.78 is 0. The highest BCUT2D eigenvalue weighted by molar-refractivity contribution is 5.41. The Morgan fingerprint density at radius 3 is 2.48 bits per heavy atom. The molecule has 2 heterocycles. The van der Waals surface area contributed by atoms with Crippen LogP contribution in [0.2, 0.25) is 0 Å². The molecule has 2 aromatic rings. The molecule has 0 spiro atoms. The van der Waals surface area contributed by atoms with Gasteiger partial charge >= 0.3 is 0 Å². The van der Waals surface area contributed by atoms with Crippen LogP contribution in [0.15, 0.2) is 36.4 Å². The highest BCUT2D eigenvalue weighted by Gasteiger charge is 2.23. The van der Waals surface area contributed by atoms with Gasteiger partial charge in [-0.15, -0.1) is 0 Å². The van der Waals surface area contributed by atoms with E-state index in [-0.39, 0.29) is 12.6 Å². The van der Waals surface area contributed by atoms with Crippen LogP contribution in [0.1, 0.15) is 49.7 Å². The second kappa shape index (κ2) is 9.29. The Kier molecular flexibility index (Phi) is 6.80. The molecule has 1 saturated heterocycles. The van der Waals surface area contributed by atoms with Crippen LogP contribution in [0.5, 0.6) is 0 Å². The van der Waals surface area contributed by atoms with Gasteiger partial charge in [0.25, 0.3) is 0 Å². The number of hydrogen-bond donors (Lipinski definition) is 2. The molecule has 1 aliphatic rings. The predicted octanol–water partition coefficient (Wildman–Crippen LogP) is 3.07. The zero-order chi connectivity index (χ0) is 19.2. The van der Waals surface area contributed by atoms with Gasteiger partial charge < -0.3 is 15.3 Å². The molecule has 0 radical (unpaired) electrons. The maximum atomic E-state index is 9.77. The average molecular weight is 369 g/mol. The average Bonchev–Trinajstić information content (AvgIpc) is 2.68. The van der Waals surface area contributed by atoms with E-state index in [0.717, 1.165) is 49.7 Å². The third-order valence-corrected chi connectivity index (χ3v) is 5.27. The molecule has 1 aliphatic heterocycles. The molecule has 1 aromatic carbocycles. The summed E-state index contributed by atoms with van der Waals surface area (Å²) >= 11 is 0. The fourth-order valence-electron chi connectivity index (χ4n) is 3.72. The van der Waals surface area contributed by atoms with E-state index in [1.54, 1.807) is 0 Å². The van der Waals surface area contributed by atoms with E-state index in [4.69, 9.17) is 0 Å². The summed E-state index contributed by atoms with van der Waals surface area (Å²) in [7, 11) is 0. The minimum absolute atomic E-state index is 0.109. The van der Waals surface area contributed by atoms with E-state index < -0.39 is 0 Å². The number of aliphatic hydroxyl groups excluding tert-OH is 1. The van der Waals surface area contributed by atoms with Crippen molar-refractivity contribution in [3.05, 3.63) is 53.5 Å². The van der Waals surface area contributed by atoms with Gasteiger partial charge in [-0.05, 0) is 37.7 Å². The lowest BCUT2D eigenvalue weighted by molar-refractivity contribution is 0.222. The molecule has 1 atom stereocenters. The summed E-state index contributed by atoms with van der Waals surface area (Å²) in [4.78, 5) is 11.6. The number of aryl methyl sites for hydroxylation is 1. The maximum Gasteiger partial charge on any atom is 0.132 e. The third kappa shape index (κ3) is 5.50. The molecule has 146 valence electrons. The molecule has 27 heavy (non-hydrogen) atoms. The van der Waals surface area contributed by atoms with Crippen molar-refractivity contribution in [1.29, 1.82) is 0 Å². The Balaban J connectivity index is 1.55. The van der Waals surface area contributed by atoms with Crippen molar-refractivity contribution in [3.8, 4) is 0 Å². The first-order chi connectivity index (χ1) is 13.0. The monoisotopic (exact) mass is 368 g/mol. The van der Waals surface area contributed by atoms with Gasteiger partial charge in [-0.2, -0.15) is 0 Å². The molecule has 0 saturated carbocycles. The Morgan fingerprint density at radius 2 is 1.85 bits per heavy atom. The summed E-state index contributed by atoms with van der Waals surface area (Å²) in [5.41, 5.74) is 2.38. The fraction of sp³-hybridized carbons (Fsp3) is 0.545. The molecule has 0 amide bonds. The van der Waals surface area contributed by atoms with Crippen molar-refractivity contribution < 1.29 is 5.11 Å². The van der Waals surface area contributed by atoms with Crippen molar-refractivity contribution >= 4 is 5.82 Å². The van der Waals surface area contributed by atoms with E-state index in [0.29, 0.717) is 12.0 Å². The van der Waals surface area contributed by atoms with Gasteiger partial charge in [0.15, 0.2) is 0 Å². The first-order valence-electron chi connectivity index (χ1n) is 10.1. The van der Waals surface area contributed by atoms with Gasteiger partial charge in [0.1, 0.15) is 11.6 Å². The Hall–Kier alpha value is -1.98. The highest BCUT2D eigenvalue weighted by Crippen LogP contribution is 2.22. The Morgan fingerprint density at radius 1 is 1.15 bits per heavy atom. The van der Waals surface area contributed by atoms with Gasteiger partial charge in [0.2, 0.25) is 0 Å². The summed E-state index contributed by atoms with van der Waals surface area (Å²) in [6.45, 7) is 8.44. The van der Waals surface area contributed by atoms with E-state index in [9.17, 15) is 5.11 Å². The Labute approximate surface area is 162 Å². The molecule has 5 nitrogen and oxygen atoms in total. The molecule has 2 N–H and O–H groups in total. The van der Waals surface area contributed by atoms with Crippen LogP contribution in [-0.4, -0.2) is 46.9 Å². The van der Waals surface area contributed by atoms with Gasteiger partial charge in [0, 0.05) is 36.9 Å². The molecular formula is C22H32N4O. The van der Waals surface area contributed by atoms with Gasteiger partial charge in [-0.1, -0.05) is 44.2 Å². The summed E-state index contributed by atoms with van der Waals surface area (Å²) in [6, 6.07) is 13.1. The summed E-state index contributed by atoms with van der Waals surface area (Å²) in [6.07, 6.45) is 2.98. The third-order valence-electron chi connectivity index (χ3n) is 5.27. The van der Waals surface area contributed by atoms with Crippen LogP contribution >= 0.6 is 0 Å². The van der Waals surface area contributed by atoms with Crippen LogP contribution in [0.25, 0.3) is 0 Å². The SMILES string of the molecule is Cc1nc(C(C)C)cc(N2CCC(N[C@H](CO)Cc3ccccc3)CC2)n1. The van der Waals surface area contributed by atoms with Crippen LogP contribution in [0.4, 0.5) is 5.82 Å². The molecule has 0 aliphatic carbocycles. The zero-order valence-electron chi connectivity index (χ0n) is 16.7. The molecular weight excluding hydrogens is 336 g/mol. The quantitative estimate of drug-likeness (QED) is 0.786. The van der Waals surface area contributed by atoms with E-state index >= 15 is 0 Å². The molecule has 3 rings (SSSR count). The summed E-state index contributed by atoms with van der Waals surface area (Å²) in [5, 5.41) is 13.4. The molecule has 1 aromatic heterocycles. The van der Waals surface area contributed by atoms with E-state index in [1.807, 2.05) is 13.0 Å². The zero-order valence-corrected chi connectivity index (χ0v) is 16.7. The number of piperidine rings is 1. The smallest absolute Gasteiger partial charge is 0.132 e. The summed E-state index contributed by atoms with van der Waals surface area (Å²) in [5.74, 6) is 2.31. The number of nitrogens with one attached hydrogen (secondary N) is 1. The molecule has 1 fully saturated rings. The standard InChI is InChI=1S/C22H32N4O/c1-16(2)21-14-22(24-17(3)23-21)26-11-9-19(10-12-26)25-20(15-27)13-18-7-5-4-6-8-18/h4-8,14,16,19-20,25,27H,9-13,15H2,1-3H3/t20-/m0/s1. The first-order valence-corrected chi connectivity index (χ1v) is 10.1. The number of anilines is 1. The van der Waals surface area contributed by atoms with E-state index in [1.165, 1.54) is 5.56 Å². The lowest BCUT2D eigenvalue weighted by Crippen LogP contribution is -2.48. The molecule has 5 heteroatoms. The van der Waals surface area contributed by atoms with Crippen molar-refractivity contribution in [2.45, 2.75) is 58.0 Å². The first kappa shape index (κ1) is 19.8. The number of aliphatic hydroxyl groups is 1. The maximum absolute atomic E-state index is 9.77. The fourth-order valence-corrected chi connectivity index (χ4v) is 3.72. The second-order valence-corrected chi connectivity index (χ2v) is 7.85. The van der Waals surface area contributed by atoms with Gasteiger partial charge in [-0.3, -0.25) is 0 Å². The minimum Gasteiger partial charge on any atom is -0.395 e. The van der Waals surface area contributed by atoms with E-state index in [2.05, 4.69) is 64.4 Å². The second-order valence-electron chi connectivity index (χ2n) is 7.85. The Bertz CT molecular complexity index is 712. The van der Waals surface area contributed by atoms with Gasteiger partial charge in [0.05, 0.1) is 6.61 Å². The lowest BCUT2D eigenvalue weighted by Gasteiger charge is -2.35. The van der Waals surface area contributed by atoms with Crippen LogP contribution in [0.3, 0.4) is 0 Å². The predicted molar refractivity (Wildman–Crippen MR) is 110 cm³/mol. The largest absolute Gasteiger partial charge is 0.395 e. The molecule has 0 unspecified atom stereocenters. The highest BCUT2D eigenvalue weighted by atomic mass is 16.3. The van der Waals surface area contributed by atoms with Crippen LogP contribution in [-0.2, 0) is 6.42 Å². The minimum atomic E-state index is 0.109. The topological polar surface area (TPSA) is 61.3 Å². The number of rotatable bonds is 7. The number of nitrogens with zero attached hydrogens (tertiary/aromatic N) is 3. The van der Waals surface area contributed by atoms with Gasteiger partial charge in [-0.25, -0.2) is 9.97 Å². The molecule has 0 bridgehead atoms. The lowest BCUT2D eigenvalue weighted by atomic mass is 10.0. The normalized spacial score (nSPS) is 16.7.